The number of aryl methyl sites for hydroxylation is 1. The topological polar surface area (TPSA) is 38.9 Å². The fourth-order valence-corrected chi connectivity index (χ4v) is 2.94. The molecular weight excluding hydrogens is 338 g/mol. The van der Waals surface area contributed by atoms with Crippen LogP contribution in [0.15, 0.2) is 38.1 Å². The van der Waals surface area contributed by atoms with Gasteiger partial charge in [0.2, 0.25) is 4.80 Å². The molecule has 1 heterocycles. The van der Waals surface area contributed by atoms with Crippen LogP contribution in [0.1, 0.15) is 18.2 Å². The number of ether oxygens (including phenoxy) is 1. The van der Waals surface area contributed by atoms with Crippen LogP contribution in [0.4, 0.5) is 0 Å². The summed E-state index contributed by atoms with van der Waals surface area (Å²) in [6, 6.07) is 5.83. The van der Waals surface area contributed by atoms with Crippen LogP contribution in [0.3, 0.4) is 0 Å². The molecule has 0 radical (unpaired) electrons. The van der Waals surface area contributed by atoms with Gasteiger partial charge in [0.05, 0.1) is 19.0 Å². The van der Waals surface area contributed by atoms with Gasteiger partial charge in [0.15, 0.2) is 0 Å². The van der Waals surface area contributed by atoms with Crippen molar-refractivity contribution in [1.29, 1.82) is 0 Å². The number of methoxy groups -OCH3 is 1. The summed E-state index contributed by atoms with van der Waals surface area (Å²) in [6.07, 6.45) is 1.79. The van der Waals surface area contributed by atoms with E-state index >= 15 is 0 Å². The van der Waals surface area contributed by atoms with E-state index < -0.39 is 0 Å². The first-order valence-corrected chi connectivity index (χ1v) is 7.88. The maximum absolute atomic E-state index is 5.34. The molecule has 0 spiro atoms. The van der Waals surface area contributed by atoms with Crippen LogP contribution in [0.5, 0.6) is 5.75 Å². The highest BCUT2D eigenvalue weighted by molar-refractivity contribution is 9.10. The molecule has 0 N–H and O–H groups in total. The van der Waals surface area contributed by atoms with Crippen LogP contribution in [0, 0.1) is 6.92 Å². The Morgan fingerprint density at radius 2 is 2.25 bits per heavy atom. The number of benzene rings is 1. The van der Waals surface area contributed by atoms with Crippen molar-refractivity contribution in [3.63, 3.8) is 0 Å². The second-order valence-corrected chi connectivity index (χ2v) is 5.83. The zero-order valence-corrected chi connectivity index (χ0v) is 14.0. The van der Waals surface area contributed by atoms with Gasteiger partial charge in [0.25, 0.3) is 0 Å². The van der Waals surface area contributed by atoms with Crippen LogP contribution in [-0.4, -0.2) is 24.5 Å². The van der Waals surface area contributed by atoms with Gasteiger partial charge in [0.1, 0.15) is 5.75 Å². The lowest BCUT2D eigenvalue weighted by Crippen LogP contribution is -2.12. The molecule has 4 nitrogen and oxygen atoms in total. The van der Waals surface area contributed by atoms with Crippen molar-refractivity contribution in [2.75, 3.05) is 13.7 Å². The normalized spacial score (nSPS) is 12.3. The van der Waals surface area contributed by atoms with E-state index in [-0.39, 0.29) is 0 Å². The zero-order chi connectivity index (χ0) is 14.5. The van der Waals surface area contributed by atoms with Crippen molar-refractivity contribution >= 4 is 33.5 Å². The van der Waals surface area contributed by atoms with E-state index in [1.54, 1.807) is 24.7 Å². The highest BCUT2D eigenvalue weighted by atomic mass is 79.9. The number of thiazole rings is 1. The molecule has 0 amide bonds. The number of rotatable bonds is 4. The monoisotopic (exact) mass is 353 g/mol. The van der Waals surface area contributed by atoms with Crippen molar-refractivity contribution in [1.82, 2.24) is 4.68 Å². The van der Waals surface area contributed by atoms with E-state index in [9.17, 15) is 0 Å². The van der Waals surface area contributed by atoms with Gasteiger partial charge < -0.3 is 4.74 Å². The number of nitrogens with zero attached hydrogens (tertiary/aromatic N) is 3. The quantitative estimate of drug-likeness (QED) is 0.776. The van der Waals surface area contributed by atoms with E-state index in [0.717, 1.165) is 32.8 Å². The van der Waals surface area contributed by atoms with E-state index in [2.05, 4.69) is 26.0 Å². The molecule has 0 saturated heterocycles. The van der Waals surface area contributed by atoms with Crippen LogP contribution in [0.2, 0.25) is 0 Å². The first-order valence-electron chi connectivity index (χ1n) is 6.21. The predicted molar refractivity (Wildman–Crippen MR) is 86.8 cm³/mol. The van der Waals surface area contributed by atoms with E-state index in [1.165, 1.54) is 0 Å². The molecule has 0 saturated carbocycles. The molecule has 0 atom stereocenters. The molecule has 20 heavy (non-hydrogen) atoms. The van der Waals surface area contributed by atoms with Gasteiger partial charge in [-0.2, -0.15) is 5.10 Å². The van der Waals surface area contributed by atoms with Crippen LogP contribution >= 0.6 is 27.3 Å². The zero-order valence-electron chi connectivity index (χ0n) is 11.6. The molecule has 2 rings (SSSR count). The second kappa shape index (κ2) is 6.85. The predicted octanol–water partition coefficient (Wildman–Crippen LogP) is 3.43. The Balaban J connectivity index is 2.42. The minimum atomic E-state index is 0.746. The Labute approximate surface area is 130 Å². The van der Waals surface area contributed by atoms with Gasteiger partial charge in [-0.25, -0.2) is 4.68 Å². The SMILES string of the molecule is CCN=c1scc(C)n1N=Cc1cc(Br)ccc1OC. The van der Waals surface area contributed by atoms with Crippen molar-refractivity contribution in [3.8, 4) is 5.75 Å². The lowest BCUT2D eigenvalue weighted by molar-refractivity contribution is 0.414. The highest BCUT2D eigenvalue weighted by Gasteiger charge is 2.02. The van der Waals surface area contributed by atoms with Crippen molar-refractivity contribution in [2.24, 2.45) is 10.1 Å². The molecule has 0 unspecified atom stereocenters. The van der Waals surface area contributed by atoms with Crippen LogP contribution in [0.25, 0.3) is 0 Å². The Hall–Kier alpha value is -1.40. The lowest BCUT2D eigenvalue weighted by Gasteiger charge is -2.04. The molecule has 0 aliphatic heterocycles. The van der Waals surface area contributed by atoms with Gasteiger partial charge in [-0.05, 0) is 32.0 Å². The molecule has 1 aromatic heterocycles. The first kappa shape index (κ1) is 15.0. The fraction of sp³-hybridized carbons (Fsp3) is 0.286. The van der Waals surface area contributed by atoms with Gasteiger partial charge in [-0.3, -0.25) is 4.99 Å². The summed E-state index contributed by atoms with van der Waals surface area (Å²) in [4.78, 5) is 5.33. The van der Waals surface area contributed by atoms with E-state index in [1.807, 2.05) is 42.1 Å². The van der Waals surface area contributed by atoms with Crippen molar-refractivity contribution < 1.29 is 4.74 Å². The Kier molecular flexibility index (Phi) is 5.14. The lowest BCUT2D eigenvalue weighted by atomic mass is 10.2. The molecule has 1 aromatic carbocycles. The fourth-order valence-electron chi connectivity index (χ4n) is 1.69. The Bertz CT molecular complexity index is 688. The minimum absolute atomic E-state index is 0.746. The van der Waals surface area contributed by atoms with E-state index in [4.69, 9.17) is 4.74 Å². The summed E-state index contributed by atoms with van der Waals surface area (Å²) in [5.74, 6) is 0.791. The summed E-state index contributed by atoms with van der Waals surface area (Å²) in [7, 11) is 1.65. The smallest absolute Gasteiger partial charge is 0.205 e. The molecular formula is C14H16BrN3OS. The van der Waals surface area contributed by atoms with Gasteiger partial charge >= 0.3 is 0 Å². The maximum Gasteiger partial charge on any atom is 0.205 e. The van der Waals surface area contributed by atoms with Gasteiger partial charge in [0, 0.05) is 22.0 Å². The van der Waals surface area contributed by atoms with Crippen molar-refractivity contribution in [2.45, 2.75) is 13.8 Å². The standard InChI is InChI=1S/C14H16BrN3OS/c1-4-16-14-18(10(2)9-20-14)17-8-11-7-12(15)5-6-13(11)19-3/h5-9H,4H2,1-3H3. The number of halogens is 1. The first-order chi connectivity index (χ1) is 9.65. The van der Waals surface area contributed by atoms with E-state index in [0.29, 0.717) is 0 Å². The summed E-state index contributed by atoms with van der Waals surface area (Å²) < 4.78 is 8.17. The molecule has 2 aromatic rings. The summed E-state index contributed by atoms with van der Waals surface area (Å²) in [5.41, 5.74) is 1.98. The van der Waals surface area contributed by atoms with Gasteiger partial charge in [-0.1, -0.05) is 15.9 Å². The molecule has 6 heteroatoms. The summed E-state index contributed by atoms with van der Waals surface area (Å²) in [5, 5.41) is 6.56. The third kappa shape index (κ3) is 3.37. The summed E-state index contributed by atoms with van der Waals surface area (Å²) in [6.45, 7) is 4.77. The molecule has 0 fully saturated rings. The number of hydrogen-bond acceptors (Lipinski definition) is 4. The second-order valence-electron chi connectivity index (χ2n) is 4.08. The number of hydrogen-bond donors (Lipinski definition) is 0. The maximum atomic E-state index is 5.34. The minimum Gasteiger partial charge on any atom is -0.496 e. The average molecular weight is 354 g/mol. The van der Waals surface area contributed by atoms with Crippen LogP contribution < -0.4 is 9.54 Å². The Morgan fingerprint density at radius 1 is 1.45 bits per heavy atom. The Morgan fingerprint density at radius 3 is 2.95 bits per heavy atom. The molecule has 0 aliphatic carbocycles. The molecule has 0 bridgehead atoms. The number of aromatic nitrogens is 1. The van der Waals surface area contributed by atoms with Crippen LogP contribution in [-0.2, 0) is 0 Å². The molecule has 0 aliphatic rings. The highest BCUT2D eigenvalue weighted by Crippen LogP contribution is 2.21. The van der Waals surface area contributed by atoms with Crippen molar-refractivity contribution in [3.05, 3.63) is 44.1 Å². The third-order valence-corrected chi connectivity index (χ3v) is 4.11. The largest absolute Gasteiger partial charge is 0.496 e. The third-order valence-electron chi connectivity index (χ3n) is 2.65. The average Bonchev–Trinajstić information content (AvgIpc) is 2.78. The summed E-state index contributed by atoms with van der Waals surface area (Å²) >= 11 is 5.05. The van der Waals surface area contributed by atoms with Gasteiger partial charge in [-0.15, -0.1) is 11.3 Å². The molecule has 106 valence electrons.